The number of H-pyrrole nitrogens is 1. The maximum atomic E-state index is 13.3. The van der Waals surface area contributed by atoms with Gasteiger partial charge < -0.3 is 0 Å². The number of nitrogens with zero attached hydrogens (tertiary/aromatic N) is 5. The second kappa shape index (κ2) is 10.6. The van der Waals surface area contributed by atoms with Crippen LogP contribution in [0.25, 0.3) is 22.5 Å². The third-order valence-corrected chi connectivity index (χ3v) is 6.29. The van der Waals surface area contributed by atoms with Gasteiger partial charge in [-0.25, -0.2) is 9.36 Å². The number of tetrazole rings is 1. The molecule has 0 aliphatic rings. The lowest BCUT2D eigenvalue weighted by molar-refractivity contribution is 0.0894. The molecule has 0 saturated heterocycles. The molecule has 0 bridgehead atoms. The van der Waals surface area contributed by atoms with Crippen LogP contribution in [0.1, 0.15) is 61.8 Å². The Kier molecular flexibility index (Phi) is 7.39. The molecule has 2 aromatic heterocycles. The Labute approximate surface area is 205 Å². The number of nitrogens with one attached hydrogen (secondary N) is 1. The molecule has 2 heterocycles. The molecular weight excluding hydrogens is 440 g/mol. The second-order valence-corrected chi connectivity index (χ2v) is 9.29. The summed E-state index contributed by atoms with van der Waals surface area (Å²) >= 11 is 0. The Morgan fingerprint density at radius 2 is 1.77 bits per heavy atom. The molecule has 4 rings (SSSR count). The van der Waals surface area contributed by atoms with Gasteiger partial charge in [0.25, 0.3) is 0 Å². The van der Waals surface area contributed by atoms with Gasteiger partial charge in [0.15, 0.2) is 0 Å². The van der Waals surface area contributed by atoms with Crippen molar-refractivity contribution in [1.29, 1.82) is 0 Å². The fourth-order valence-corrected chi connectivity index (χ4v) is 4.41. The van der Waals surface area contributed by atoms with Crippen molar-refractivity contribution in [1.82, 2.24) is 29.8 Å². The minimum absolute atomic E-state index is 0.132. The SMILES string of the molecule is CCCC(=O)n1c(C)c(CCC(C)C)n(Cc2ccc(-c3ccccc3-c3nn[nH]n3)cc2)c1=O. The van der Waals surface area contributed by atoms with Gasteiger partial charge in [-0.2, -0.15) is 5.21 Å². The van der Waals surface area contributed by atoms with Crippen molar-refractivity contribution >= 4 is 5.91 Å². The van der Waals surface area contributed by atoms with Gasteiger partial charge in [-0.05, 0) is 54.0 Å². The summed E-state index contributed by atoms with van der Waals surface area (Å²) < 4.78 is 3.14. The summed E-state index contributed by atoms with van der Waals surface area (Å²) in [4.78, 5) is 26.0. The zero-order valence-electron chi connectivity index (χ0n) is 20.8. The first-order chi connectivity index (χ1) is 16.9. The second-order valence-electron chi connectivity index (χ2n) is 9.29. The van der Waals surface area contributed by atoms with Crippen molar-refractivity contribution in [3.63, 3.8) is 0 Å². The highest BCUT2D eigenvalue weighted by Crippen LogP contribution is 2.30. The monoisotopic (exact) mass is 472 g/mol. The molecule has 0 radical (unpaired) electrons. The summed E-state index contributed by atoms with van der Waals surface area (Å²) in [5.41, 5.74) is 5.38. The van der Waals surface area contributed by atoms with Crippen molar-refractivity contribution in [2.45, 2.75) is 59.9 Å². The number of aromatic nitrogens is 6. The highest BCUT2D eigenvalue weighted by Gasteiger charge is 2.21. The first-order valence-electron chi connectivity index (χ1n) is 12.2. The lowest BCUT2D eigenvalue weighted by Gasteiger charge is -2.11. The van der Waals surface area contributed by atoms with E-state index in [-0.39, 0.29) is 11.6 Å². The van der Waals surface area contributed by atoms with E-state index in [0.29, 0.717) is 31.1 Å². The van der Waals surface area contributed by atoms with E-state index in [1.165, 1.54) is 4.57 Å². The third-order valence-electron chi connectivity index (χ3n) is 6.29. The van der Waals surface area contributed by atoms with E-state index >= 15 is 0 Å². The van der Waals surface area contributed by atoms with Gasteiger partial charge in [0.1, 0.15) is 0 Å². The summed E-state index contributed by atoms with van der Waals surface area (Å²) in [6.07, 6.45) is 2.80. The molecule has 182 valence electrons. The van der Waals surface area contributed by atoms with Gasteiger partial charge in [-0.3, -0.25) is 9.36 Å². The smallest absolute Gasteiger partial charge is 0.291 e. The molecule has 4 aromatic rings. The number of hydrogen-bond donors (Lipinski definition) is 1. The van der Waals surface area contributed by atoms with Crippen LogP contribution in [0.2, 0.25) is 0 Å². The molecule has 0 aliphatic carbocycles. The van der Waals surface area contributed by atoms with Gasteiger partial charge in [0, 0.05) is 23.4 Å². The average Bonchev–Trinajstić information content (AvgIpc) is 3.46. The molecule has 8 nitrogen and oxygen atoms in total. The molecule has 0 fully saturated rings. The van der Waals surface area contributed by atoms with Crippen LogP contribution in [0.15, 0.2) is 53.3 Å². The summed E-state index contributed by atoms with van der Waals surface area (Å²) in [6, 6.07) is 16.1. The molecular formula is C27H32N6O2. The molecule has 0 amide bonds. The van der Waals surface area contributed by atoms with Gasteiger partial charge in [0.05, 0.1) is 6.54 Å². The van der Waals surface area contributed by atoms with Gasteiger partial charge in [-0.15, -0.1) is 10.2 Å². The number of benzene rings is 2. The molecule has 35 heavy (non-hydrogen) atoms. The molecule has 0 aliphatic heterocycles. The minimum atomic E-state index is -0.244. The van der Waals surface area contributed by atoms with Gasteiger partial charge in [0.2, 0.25) is 11.7 Å². The maximum Gasteiger partial charge on any atom is 0.335 e. The van der Waals surface area contributed by atoms with Crippen LogP contribution >= 0.6 is 0 Å². The summed E-state index contributed by atoms with van der Waals surface area (Å²) in [5, 5.41) is 14.4. The Hall–Kier alpha value is -3.81. The van der Waals surface area contributed by atoms with E-state index in [9.17, 15) is 9.59 Å². The van der Waals surface area contributed by atoms with Crippen molar-refractivity contribution in [2.24, 2.45) is 5.92 Å². The predicted octanol–water partition coefficient (Wildman–Crippen LogP) is 4.88. The number of carbonyl (C=O) groups is 1. The lowest BCUT2D eigenvalue weighted by Crippen LogP contribution is -2.30. The Morgan fingerprint density at radius 3 is 2.40 bits per heavy atom. The average molecular weight is 473 g/mol. The maximum absolute atomic E-state index is 13.3. The third kappa shape index (κ3) is 5.16. The molecule has 8 heteroatoms. The number of hydrogen-bond acceptors (Lipinski definition) is 5. The first kappa shape index (κ1) is 24.3. The highest BCUT2D eigenvalue weighted by molar-refractivity contribution is 5.80. The molecule has 0 atom stereocenters. The van der Waals surface area contributed by atoms with Crippen LogP contribution in [0.4, 0.5) is 0 Å². The van der Waals surface area contributed by atoms with Crippen LogP contribution in [-0.4, -0.2) is 35.7 Å². The van der Waals surface area contributed by atoms with E-state index in [2.05, 4.69) is 34.5 Å². The molecule has 0 saturated carbocycles. The van der Waals surface area contributed by atoms with Crippen molar-refractivity contribution in [3.05, 3.63) is 76.0 Å². The van der Waals surface area contributed by atoms with Gasteiger partial charge in [-0.1, -0.05) is 69.3 Å². The molecule has 1 N–H and O–H groups in total. The summed E-state index contributed by atoms with van der Waals surface area (Å²) in [7, 11) is 0. The Bertz CT molecular complexity index is 1350. The summed E-state index contributed by atoms with van der Waals surface area (Å²) in [6.45, 7) is 8.60. The van der Waals surface area contributed by atoms with E-state index in [0.717, 1.165) is 46.5 Å². The predicted molar refractivity (Wildman–Crippen MR) is 136 cm³/mol. The largest absolute Gasteiger partial charge is 0.335 e. The lowest BCUT2D eigenvalue weighted by atomic mass is 9.98. The van der Waals surface area contributed by atoms with E-state index < -0.39 is 0 Å². The first-order valence-corrected chi connectivity index (χ1v) is 12.2. The Balaban J connectivity index is 1.67. The zero-order valence-corrected chi connectivity index (χ0v) is 20.8. The fourth-order valence-electron chi connectivity index (χ4n) is 4.41. The van der Waals surface area contributed by atoms with E-state index in [4.69, 9.17) is 0 Å². The van der Waals surface area contributed by atoms with Gasteiger partial charge >= 0.3 is 5.69 Å². The number of imidazole rings is 1. The Morgan fingerprint density at radius 1 is 1.06 bits per heavy atom. The molecule has 0 unspecified atom stereocenters. The van der Waals surface area contributed by atoms with Crippen LogP contribution in [0.3, 0.4) is 0 Å². The quantitative estimate of drug-likeness (QED) is 0.374. The minimum Gasteiger partial charge on any atom is -0.291 e. The molecule has 0 spiro atoms. The van der Waals surface area contributed by atoms with Crippen molar-refractivity contribution < 1.29 is 4.79 Å². The zero-order chi connectivity index (χ0) is 24.9. The van der Waals surface area contributed by atoms with E-state index in [1.807, 2.05) is 62.4 Å². The van der Waals surface area contributed by atoms with Crippen LogP contribution in [-0.2, 0) is 13.0 Å². The van der Waals surface area contributed by atoms with Crippen LogP contribution < -0.4 is 5.69 Å². The van der Waals surface area contributed by atoms with Crippen LogP contribution in [0.5, 0.6) is 0 Å². The van der Waals surface area contributed by atoms with Crippen molar-refractivity contribution in [3.8, 4) is 22.5 Å². The normalized spacial score (nSPS) is 11.3. The van der Waals surface area contributed by atoms with E-state index in [1.54, 1.807) is 4.57 Å². The fraction of sp³-hybridized carbons (Fsp3) is 0.370. The number of aromatic amines is 1. The molecule has 2 aromatic carbocycles. The van der Waals surface area contributed by atoms with Crippen LogP contribution in [0, 0.1) is 12.8 Å². The van der Waals surface area contributed by atoms with Crippen molar-refractivity contribution in [2.75, 3.05) is 0 Å². The number of rotatable bonds is 9. The topological polar surface area (TPSA) is 98.5 Å². The standard InChI is InChI=1S/C27H32N6O2/c1-5-8-25(34)33-19(4)24(16-11-18(2)3)32(27(33)35)17-20-12-14-21(15-13-20)22-9-6-7-10-23(22)26-28-30-31-29-26/h6-7,9-10,12-15,18H,5,8,11,16-17H2,1-4H3,(H,28,29,30,31). The number of carbonyl (C=O) groups excluding carboxylic acids is 1. The summed E-state index contributed by atoms with van der Waals surface area (Å²) in [5.74, 6) is 0.916. The highest BCUT2D eigenvalue weighted by atomic mass is 16.2.